The zero-order valence-electron chi connectivity index (χ0n) is 17.9. The van der Waals surface area contributed by atoms with Crippen molar-refractivity contribution in [1.29, 1.82) is 0 Å². The zero-order chi connectivity index (χ0) is 23.0. The number of amides is 1. The van der Waals surface area contributed by atoms with E-state index in [1.165, 1.54) is 29.2 Å². The Kier molecular flexibility index (Phi) is 8.54. The molecule has 8 heteroatoms. The fourth-order valence-corrected chi connectivity index (χ4v) is 2.58. The average Bonchev–Trinajstić information content (AvgIpc) is 2.72. The van der Waals surface area contributed by atoms with Crippen LogP contribution < -0.4 is 14.2 Å². The quantitative estimate of drug-likeness (QED) is 0.412. The second-order valence-electron chi connectivity index (χ2n) is 6.79. The second-order valence-corrected chi connectivity index (χ2v) is 6.79. The Hall–Kier alpha value is -3.42. The molecule has 0 bridgehead atoms. The Labute approximate surface area is 180 Å². The molecule has 1 amide bonds. The van der Waals surface area contributed by atoms with Crippen LogP contribution in [-0.4, -0.2) is 50.5 Å². The molecule has 0 N–H and O–H groups in total. The Morgan fingerprint density at radius 2 is 1.74 bits per heavy atom. The SMILES string of the molecule is CCOc1cc(/C=C/C(=O)c2cc(C)ccc2OC(F)F)ccc1OCC(=O)N(C)C. The van der Waals surface area contributed by atoms with Crippen LogP contribution >= 0.6 is 0 Å². The average molecular weight is 433 g/mol. The lowest BCUT2D eigenvalue weighted by Crippen LogP contribution is -2.27. The largest absolute Gasteiger partial charge is 0.490 e. The van der Waals surface area contributed by atoms with E-state index in [4.69, 9.17) is 9.47 Å². The number of carbonyl (C=O) groups excluding carboxylic acids is 2. The smallest absolute Gasteiger partial charge is 0.387 e. The van der Waals surface area contributed by atoms with Gasteiger partial charge in [0, 0.05) is 14.1 Å². The first-order valence-corrected chi connectivity index (χ1v) is 9.59. The van der Waals surface area contributed by atoms with E-state index in [1.807, 2.05) is 6.92 Å². The molecule has 31 heavy (non-hydrogen) atoms. The van der Waals surface area contributed by atoms with Gasteiger partial charge in [0.25, 0.3) is 5.91 Å². The summed E-state index contributed by atoms with van der Waals surface area (Å²) in [6.07, 6.45) is 2.81. The molecule has 0 saturated carbocycles. The first-order chi connectivity index (χ1) is 14.7. The topological polar surface area (TPSA) is 65.1 Å². The monoisotopic (exact) mass is 433 g/mol. The van der Waals surface area contributed by atoms with E-state index in [9.17, 15) is 18.4 Å². The molecule has 0 heterocycles. The molecule has 0 aliphatic rings. The molecular weight excluding hydrogens is 408 g/mol. The molecule has 2 aromatic rings. The third kappa shape index (κ3) is 7.09. The molecule has 0 spiro atoms. The van der Waals surface area contributed by atoms with Gasteiger partial charge in [0.2, 0.25) is 0 Å². The first-order valence-electron chi connectivity index (χ1n) is 9.59. The van der Waals surface area contributed by atoms with E-state index in [2.05, 4.69) is 4.74 Å². The van der Waals surface area contributed by atoms with E-state index in [1.54, 1.807) is 45.3 Å². The molecule has 0 aliphatic heterocycles. The number of carbonyl (C=O) groups is 2. The van der Waals surface area contributed by atoms with Crippen LogP contribution in [0.3, 0.4) is 0 Å². The van der Waals surface area contributed by atoms with Crippen molar-refractivity contribution in [1.82, 2.24) is 4.90 Å². The first kappa shape index (κ1) is 23.9. The van der Waals surface area contributed by atoms with Gasteiger partial charge in [-0.2, -0.15) is 8.78 Å². The molecule has 0 fully saturated rings. The van der Waals surface area contributed by atoms with Gasteiger partial charge in [0.15, 0.2) is 23.9 Å². The highest BCUT2D eigenvalue weighted by Crippen LogP contribution is 2.29. The third-order valence-electron chi connectivity index (χ3n) is 4.16. The van der Waals surface area contributed by atoms with Crippen molar-refractivity contribution < 1.29 is 32.6 Å². The summed E-state index contributed by atoms with van der Waals surface area (Å²) >= 11 is 0. The number of halogens is 2. The maximum absolute atomic E-state index is 12.6. The second kappa shape index (κ2) is 11.1. The Morgan fingerprint density at radius 1 is 1.03 bits per heavy atom. The van der Waals surface area contributed by atoms with E-state index in [-0.39, 0.29) is 23.8 Å². The molecule has 166 valence electrons. The maximum atomic E-state index is 12.6. The number of likely N-dealkylation sites (N-methyl/N-ethyl adjacent to an activating group) is 1. The lowest BCUT2D eigenvalue weighted by atomic mass is 10.1. The van der Waals surface area contributed by atoms with Gasteiger partial charge in [0.05, 0.1) is 12.2 Å². The number of ketones is 1. The van der Waals surface area contributed by atoms with Crippen LogP contribution in [0.5, 0.6) is 17.2 Å². The number of allylic oxidation sites excluding steroid dienone is 1. The molecule has 0 saturated heterocycles. The molecule has 2 rings (SSSR count). The number of aryl methyl sites for hydroxylation is 1. The van der Waals surface area contributed by atoms with Crippen molar-refractivity contribution in [3.63, 3.8) is 0 Å². The standard InChI is InChI=1S/C23H25F2NO5/c1-5-29-21-13-16(8-11-20(21)30-14-22(28)26(3)4)7-9-18(27)17-12-15(2)6-10-19(17)31-23(24)25/h6-13,23H,5,14H2,1-4H3/b9-7+. The van der Waals surface area contributed by atoms with Gasteiger partial charge in [-0.1, -0.05) is 23.8 Å². The molecular formula is C23H25F2NO5. The Morgan fingerprint density at radius 3 is 2.39 bits per heavy atom. The van der Waals surface area contributed by atoms with Crippen molar-refractivity contribution in [3.8, 4) is 17.2 Å². The summed E-state index contributed by atoms with van der Waals surface area (Å²) in [6, 6.07) is 9.41. The van der Waals surface area contributed by atoms with E-state index in [0.717, 1.165) is 5.56 Å². The molecule has 0 aliphatic carbocycles. The predicted octanol–water partition coefficient (Wildman–Crippen LogP) is 4.36. The zero-order valence-corrected chi connectivity index (χ0v) is 17.9. The van der Waals surface area contributed by atoms with Crippen LogP contribution in [0.1, 0.15) is 28.4 Å². The minimum Gasteiger partial charge on any atom is -0.490 e. The van der Waals surface area contributed by atoms with E-state index < -0.39 is 12.4 Å². The molecule has 0 unspecified atom stereocenters. The van der Waals surface area contributed by atoms with Crippen LogP contribution in [0, 0.1) is 6.92 Å². The summed E-state index contributed by atoms with van der Waals surface area (Å²) in [5.41, 5.74) is 1.42. The number of alkyl halides is 2. The van der Waals surface area contributed by atoms with Gasteiger partial charge in [-0.15, -0.1) is 0 Å². The van der Waals surface area contributed by atoms with Gasteiger partial charge >= 0.3 is 6.61 Å². The number of hydrogen-bond acceptors (Lipinski definition) is 5. The number of benzene rings is 2. The van der Waals surface area contributed by atoms with Gasteiger partial charge < -0.3 is 19.1 Å². The highest BCUT2D eigenvalue weighted by Gasteiger charge is 2.15. The van der Waals surface area contributed by atoms with Gasteiger partial charge in [-0.3, -0.25) is 9.59 Å². The number of hydrogen-bond donors (Lipinski definition) is 0. The lowest BCUT2D eigenvalue weighted by Gasteiger charge is -2.14. The Bertz CT molecular complexity index is 957. The molecule has 0 radical (unpaired) electrons. The van der Waals surface area contributed by atoms with Crippen LogP contribution in [0.15, 0.2) is 42.5 Å². The maximum Gasteiger partial charge on any atom is 0.387 e. The highest BCUT2D eigenvalue weighted by molar-refractivity contribution is 6.08. The van der Waals surface area contributed by atoms with Crippen molar-refractivity contribution in [2.75, 3.05) is 27.3 Å². The minimum atomic E-state index is -3.03. The number of rotatable bonds is 10. The molecule has 2 aromatic carbocycles. The van der Waals surface area contributed by atoms with Crippen LogP contribution in [0.4, 0.5) is 8.78 Å². The van der Waals surface area contributed by atoms with Gasteiger partial charge in [-0.05, 0) is 49.8 Å². The lowest BCUT2D eigenvalue weighted by molar-refractivity contribution is -0.130. The summed E-state index contributed by atoms with van der Waals surface area (Å²) in [4.78, 5) is 25.7. The normalized spacial score (nSPS) is 10.9. The molecule has 0 aromatic heterocycles. The minimum absolute atomic E-state index is 0.0451. The highest BCUT2D eigenvalue weighted by atomic mass is 19.3. The van der Waals surface area contributed by atoms with Crippen molar-refractivity contribution in [2.24, 2.45) is 0 Å². The molecule has 0 atom stereocenters. The van der Waals surface area contributed by atoms with Crippen LogP contribution in [0.2, 0.25) is 0 Å². The van der Waals surface area contributed by atoms with Crippen molar-refractivity contribution in [3.05, 3.63) is 59.2 Å². The van der Waals surface area contributed by atoms with E-state index >= 15 is 0 Å². The van der Waals surface area contributed by atoms with E-state index in [0.29, 0.717) is 23.7 Å². The predicted molar refractivity (Wildman–Crippen MR) is 113 cm³/mol. The summed E-state index contributed by atoms with van der Waals surface area (Å²) in [5, 5.41) is 0. The fraction of sp³-hybridized carbons (Fsp3) is 0.304. The van der Waals surface area contributed by atoms with Crippen molar-refractivity contribution in [2.45, 2.75) is 20.5 Å². The summed E-state index contributed by atoms with van der Waals surface area (Å²) < 4.78 is 40.8. The van der Waals surface area contributed by atoms with Crippen molar-refractivity contribution >= 4 is 17.8 Å². The summed E-state index contributed by atoms with van der Waals surface area (Å²) in [7, 11) is 3.26. The summed E-state index contributed by atoms with van der Waals surface area (Å²) in [5.74, 6) is -0.0430. The number of nitrogens with zero attached hydrogens (tertiary/aromatic N) is 1. The molecule has 6 nitrogen and oxygen atoms in total. The van der Waals surface area contributed by atoms with Crippen LogP contribution in [-0.2, 0) is 4.79 Å². The van der Waals surface area contributed by atoms with Gasteiger partial charge in [0.1, 0.15) is 5.75 Å². The summed E-state index contributed by atoms with van der Waals surface area (Å²) in [6.45, 7) is 0.769. The van der Waals surface area contributed by atoms with Gasteiger partial charge in [-0.25, -0.2) is 0 Å². The van der Waals surface area contributed by atoms with Crippen LogP contribution in [0.25, 0.3) is 6.08 Å². The fourth-order valence-electron chi connectivity index (χ4n) is 2.58. The Balaban J connectivity index is 2.22. The third-order valence-corrected chi connectivity index (χ3v) is 4.16. The number of ether oxygens (including phenoxy) is 3.